The summed E-state index contributed by atoms with van der Waals surface area (Å²) in [5.74, 6) is -0.419. The van der Waals surface area contributed by atoms with Crippen LogP contribution < -0.4 is 10.6 Å². The van der Waals surface area contributed by atoms with Crippen molar-refractivity contribution in [3.8, 4) is 0 Å². The highest BCUT2D eigenvalue weighted by Gasteiger charge is 2.17. The number of aromatic nitrogens is 2. The molecule has 0 radical (unpaired) electrons. The molecule has 4 rings (SSSR count). The number of carbonyl (C=O) groups is 2. The number of nitrogens with one attached hydrogen (secondary N) is 2. The molecule has 3 aromatic rings. The van der Waals surface area contributed by atoms with Gasteiger partial charge in [0, 0.05) is 57.1 Å². The number of hydrogen-bond acceptors (Lipinski definition) is 7. The highest BCUT2D eigenvalue weighted by molar-refractivity contribution is 7.13. The average molecular weight is 465 g/mol. The number of hydrogen-bond donors (Lipinski definition) is 2. The van der Waals surface area contributed by atoms with Crippen LogP contribution in [0.4, 0.5) is 5.69 Å². The van der Waals surface area contributed by atoms with E-state index in [1.807, 2.05) is 6.07 Å². The molecule has 0 unspecified atom stereocenters. The minimum absolute atomic E-state index is 0.115. The second-order valence-electron chi connectivity index (χ2n) is 8.02. The molecule has 172 valence electrons. The Morgan fingerprint density at radius 2 is 1.61 bits per heavy atom. The Morgan fingerprint density at radius 3 is 2.27 bits per heavy atom. The van der Waals surface area contributed by atoms with Crippen LogP contribution in [0.25, 0.3) is 0 Å². The van der Waals surface area contributed by atoms with E-state index in [4.69, 9.17) is 0 Å². The van der Waals surface area contributed by atoms with E-state index in [0.29, 0.717) is 22.8 Å². The minimum atomic E-state index is -0.304. The molecule has 0 saturated carbocycles. The van der Waals surface area contributed by atoms with Crippen molar-refractivity contribution in [2.24, 2.45) is 0 Å². The maximum absolute atomic E-state index is 12.5. The predicted molar refractivity (Wildman–Crippen MR) is 130 cm³/mol. The summed E-state index contributed by atoms with van der Waals surface area (Å²) in [5.41, 5.74) is 2.52. The number of rotatable bonds is 8. The molecule has 2 heterocycles. The molecule has 2 N–H and O–H groups in total. The fourth-order valence-corrected chi connectivity index (χ4v) is 4.31. The minimum Gasteiger partial charge on any atom is -0.351 e. The van der Waals surface area contributed by atoms with E-state index in [2.05, 4.69) is 54.9 Å². The van der Waals surface area contributed by atoms with Crippen LogP contribution in [0.3, 0.4) is 0 Å². The summed E-state index contributed by atoms with van der Waals surface area (Å²) in [6.45, 7) is 8.30. The molecule has 0 spiro atoms. The van der Waals surface area contributed by atoms with Crippen LogP contribution in [0.1, 0.15) is 30.7 Å². The van der Waals surface area contributed by atoms with Crippen LogP contribution >= 0.6 is 11.3 Å². The first-order chi connectivity index (χ1) is 16.1. The van der Waals surface area contributed by atoms with Gasteiger partial charge in [0.05, 0.1) is 0 Å². The lowest BCUT2D eigenvalue weighted by atomic mass is 10.2. The van der Waals surface area contributed by atoms with Gasteiger partial charge in [-0.1, -0.05) is 41.7 Å². The maximum Gasteiger partial charge on any atom is 0.286 e. The fraction of sp³-hybridized carbons (Fsp3) is 0.333. The Morgan fingerprint density at radius 1 is 0.909 bits per heavy atom. The maximum atomic E-state index is 12.5. The number of nitrogens with zero attached hydrogens (tertiary/aromatic N) is 4. The van der Waals surface area contributed by atoms with Crippen molar-refractivity contribution in [2.75, 3.05) is 44.6 Å². The standard InChI is InChI=1S/C24H28N6O2S/c1-18-27-28-24(33-18)23(32)26-21-9-7-20(8-10-21)22(31)25-11-12-29-13-15-30(16-14-29)17-19-5-3-2-4-6-19/h2-10H,11-17H2,1H3,(H,25,31)(H,26,32). The van der Waals surface area contributed by atoms with Gasteiger partial charge in [0.25, 0.3) is 11.8 Å². The van der Waals surface area contributed by atoms with E-state index in [1.165, 1.54) is 16.9 Å². The van der Waals surface area contributed by atoms with Gasteiger partial charge in [-0.2, -0.15) is 0 Å². The number of amides is 2. The van der Waals surface area contributed by atoms with Gasteiger partial charge < -0.3 is 10.6 Å². The quantitative estimate of drug-likeness (QED) is 0.533. The fourth-order valence-electron chi connectivity index (χ4n) is 3.72. The zero-order chi connectivity index (χ0) is 23.0. The highest BCUT2D eigenvalue weighted by Crippen LogP contribution is 2.14. The van der Waals surface area contributed by atoms with E-state index in [0.717, 1.165) is 44.3 Å². The molecule has 0 aliphatic carbocycles. The summed E-state index contributed by atoms with van der Waals surface area (Å²) in [6, 6.07) is 17.4. The third-order valence-corrected chi connectivity index (χ3v) is 6.39. The van der Waals surface area contributed by atoms with E-state index < -0.39 is 0 Å². The van der Waals surface area contributed by atoms with E-state index >= 15 is 0 Å². The van der Waals surface area contributed by atoms with Crippen LogP contribution in [-0.2, 0) is 6.54 Å². The lowest BCUT2D eigenvalue weighted by Gasteiger charge is -2.34. The Balaban J connectivity index is 1.16. The molecule has 1 saturated heterocycles. The van der Waals surface area contributed by atoms with Gasteiger partial charge in [0.15, 0.2) is 0 Å². The molecule has 0 atom stereocenters. The Hall–Kier alpha value is -3.14. The molecular formula is C24H28N6O2S. The second-order valence-corrected chi connectivity index (χ2v) is 9.20. The predicted octanol–water partition coefficient (Wildman–Crippen LogP) is 2.65. The molecule has 8 nitrogen and oxygen atoms in total. The lowest BCUT2D eigenvalue weighted by molar-refractivity contribution is 0.0933. The van der Waals surface area contributed by atoms with E-state index in [-0.39, 0.29) is 11.8 Å². The average Bonchev–Trinajstić information content (AvgIpc) is 3.28. The van der Waals surface area contributed by atoms with Crippen LogP contribution in [0.15, 0.2) is 54.6 Å². The molecule has 2 aromatic carbocycles. The molecule has 0 bridgehead atoms. The number of aryl methyl sites for hydroxylation is 1. The van der Waals surface area contributed by atoms with E-state index in [1.54, 1.807) is 31.2 Å². The molecule has 33 heavy (non-hydrogen) atoms. The SMILES string of the molecule is Cc1nnc(C(=O)Nc2ccc(C(=O)NCCN3CCN(Cc4ccccc4)CC3)cc2)s1. The smallest absolute Gasteiger partial charge is 0.286 e. The van der Waals surface area contributed by atoms with Crippen molar-refractivity contribution in [2.45, 2.75) is 13.5 Å². The molecule has 1 aliphatic heterocycles. The van der Waals surface area contributed by atoms with Crippen molar-refractivity contribution >= 4 is 28.8 Å². The summed E-state index contributed by atoms with van der Waals surface area (Å²) in [6.07, 6.45) is 0. The van der Waals surface area contributed by atoms with Gasteiger partial charge in [-0.25, -0.2) is 0 Å². The van der Waals surface area contributed by atoms with Gasteiger partial charge in [-0.15, -0.1) is 10.2 Å². The highest BCUT2D eigenvalue weighted by atomic mass is 32.1. The Bertz CT molecular complexity index is 1060. The van der Waals surface area contributed by atoms with Crippen LogP contribution in [-0.4, -0.2) is 71.1 Å². The summed E-state index contributed by atoms with van der Waals surface area (Å²) in [4.78, 5) is 29.5. The second kappa shape index (κ2) is 11.1. The number of carbonyl (C=O) groups excluding carboxylic acids is 2. The van der Waals surface area contributed by atoms with Crippen molar-refractivity contribution in [1.82, 2.24) is 25.3 Å². The first-order valence-corrected chi connectivity index (χ1v) is 11.9. The van der Waals surface area contributed by atoms with Crippen LogP contribution in [0.2, 0.25) is 0 Å². The van der Waals surface area contributed by atoms with E-state index in [9.17, 15) is 9.59 Å². The zero-order valence-electron chi connectivity index (χ0n) is 18.7. The van der Waals surface area contributed by atoms with Gasteiger partial charge in [-0.05, 0) is 36.8 Å². The monoisotopic (exact) mass is 464 g/mol. The van der Waals surface area contributed by atoms with Crippen molar-refractivity contribution in [1.29, 1.82) is 0 Å². The van der Waals surface area contributed by atoms with Gasteiger partial charge in [0.2, 0.25) is 5.01 Å². The molecular weight excluding hydrogens is 436 g/mol. The molecule has 1 fully saturated rings. The Labute approximate surface area is 197 Å². The lowest BCUT2D eigenvalue weighted by Crippen LogP contribution is -2.48. The first kappa shape index (κ1) is 23.0. The number of benzene rings is 2. The number of anilines is 1. The van der Waals surface area contributed by atoms with Crippen molar-refractivity contribution < 1.29 is 9.59 Å². The Kier molecular flexibility index (Phi) is 7.77. The number of piperazine rings is 1. The van der Waals surface area contributed by atoms with Gasteiger partial charge >= 0.3 is 0 Å². The summed E-state index contributed by atoms with van der Waals surface area (Å²) in [7, 11) is 0. The summed E-state index contributed by atoms with van der Waals surface area (Å²) < 4.78 is 0. The van der Waals surface area contributed by atoms with Crippen LogP contribution in [0.5, 0.6) is 0 Å². The molecule has 1 aliphatic rings. The van der Waals surface area contributed by atoms with Crippen molar-refractivity contribution in [3.63, 3.8) is 0 Å². The van der Waals surface area contributed by atoms with Crippen LogP contribution in [0, 0.1) is 6.92 Å². The summed E-state index contributed by atoms with van der Waals surface area (Å²) >= 11 is 1.24. The van der Waals surface area contributed by atoms with Gasteiger partial charge in [-0.3, -0.25) is 19.4 Å². The molecule has 1 aromatic heterocycles. The molecule has 2 amide bonds. The third kappa shape index (κ3) is 6.67. The normalized spacial score (nSPS) is 14.7. The van der Waals surface area contributed by atoms with Crippen molar-refractivity contribution in [3.05, 3.63) is 75.7 Å². The van der Waals surface area contributed by atoms with Gasteiger partial charge in [0.1, 0.15) is 5.01 Å². The first-order valence-electron chi connectivity index (χ1n) is 11.1. The summed E-state index contributed by atoms with van der Waals surface area (Å²) in [5, 5.41) is 14.5. The zero-order valence-corrected chi connectivity index (χ0v) is 19.5. The molecule has 9 heteroatoms. The largest absolute Gasteiger partial charge is 0.351 e. The third-order valence-electron chi connectivity index (χ3n) is 5.55. The topological polar surface area (TPSA) is 90.5 Å².